The lowest BCUT2D eigenvalue weighted by molar-refractivity contribution is -0.117. The Kier molecular flexibility index (Phi) is 6.59. The number of carbonyl (C=O) groups excluding carboxylic acids is 2. The Balaban J connectivity index is 0.00000243. The monoisotopic (exact) mass is 379 g/mol. The van der Waals surface area contributed by atoms with Gasteiger partial charge in [0.1, 0.15) is 5.76 Å². The zero-order valence-electron chi connectivity index (χ0n) is 14.5. The molecule has 1 saturated heterocycles. The van der Waals surface area contributed by atoms with Gasteiger partial charge in [-0.2, -0.15) is 0 Å². The lowest BCUT2D eigenvalue weighted by Gasteiger charge is -2.34. The second-order valence-electron chi connectivity index (χ2n) is 6.06. The van der Waals surface area contributed by atoms with Crippen molar-refractivity contribution in [2.75, 3.05) is 43.8 Å². The highest BCUT2D eigenvalue weighted by atomic mass is 35.5. The fourth-order valence-electron chi connectivity index (χ4n) is 2.73. The molecule has 9 heteroatoms. The number of nitrogens with one attached hydrogen (secondary N) is 1. The van der Waals surface area contributed by atoms with Crippen LogP contribution in [0.25, 0.3) is 0 Å². The van der Waals surface area contributed by atoms with Gasteiger partial charge in [-0.3, -0.25) is 14.5 Å². The molecule has 0 spiro atoms. The van der Waals surface area contributed by atoms with E-state index in [2.05, 4.69) is 10.5 Å². The molecular formula is C17H22ClN5O3. The lowest BCUT2D eigenvalue weighted by Crippen LogP contribution is -2.50. The summed E-state index contributed by atoms with van der Waals surface area (Å²) in [6.45, 7) is 4.48. The van der Waals surface area contributed by atoms with Crippen molar-refractivity contribution in [1.82, 2.24) is 15.0 Å². The molecular weight excluding hydrogens is 358 g/mol. The first kappa shape index (κ1) is 19.7. The molecule has 1 aromatic heterocycles. The first-order chi connectivity index (χ1) is 12.0. The summed E-state index contributed by atoms with van der Waals surface area (Å²) in [6.07, 6.45) is 0. The molecule has 0 unspecified atom stereocenters. The summed E-state index contributed by atoms with van der Waals surface area (Å²) in [5, 5.41) is 6.43. The van der Waals surface area contributed by atoms with Crippen LogP contribution in [0.1, 0.15) is 16.1 Å². The van der Waals surface area contributed by atoms with Crippen LogP contribution in [-0.4, -0.2) is 59.5 Å². The Labute approximate surface area is 157 Å². The van der Waals surface area contributed by atoms with E-state index in [1.807, 2.05) is 4.90 Å². The van der Waals surface area contributed by atoms with Crippen molar-refractivity contribution in [2.45, 2.75) is 6.92 Å². The average Bonchev–Trinajstić information content (AvgIpc) is 3.00. The molecule has 3 N–H and O–H groups in total. The maximum absolute atomic E-state index is 12.5. The molecule has 26 heavy (non-hydrogen) atoms. The molecule has 3 rings (SSSR count). The fraction of sp³-hybridized carbons (Fsp3) is 0.353. The van der Waals surface area contributed by atoms with Gasteiger partial charge in [0.15, 0.2) is 5.82 Å². The van der Waals surface area contributed by atoms with E-state index in [0.29, 0.717) is 49.0 Å². The van der Waals surface area contributed by atoms with Crippen molar-refractivity contribution in [2.24, 2.45) is 0 Å². The molecule has 140 valence electrons. The number of aromatic nitrogens is 1. The minimum Gasteiger partial charge on any atom is -0.399 e. The molecule has 2 heterocycles. The number of piperazine rings is 1. The molecule has 2 aromatic rings. The number of nitrogens with two attached hydrogens (primary N) is 1. The SMILES string of the molecule is Cc1cc(NC(=O)CN2CCN(C(=O)c3ccc(N)cc3)CC2)no1.Cl. The van der Waals surface area contributed by atoms with Crippen LogP contribution < -0.4 is 11.1 Å². The van der Waals surface area contributed by atoms with Crippen molar-refractivity contribution < 1.29 is 14.1 Å². The molecule has 0 bridgehead atoms. The smallest absolute Gasteiger partial charge is 0.253 e. The van der Waals surface area contributed by atoms with Crippen molar-refractivity contribution in [3.05, 3.63) is 41.7 Å². The van der Waals surface area contributed by atoms with Crippen LogP contribution in [0.2, 0.25) is 0 Å². The maximum Gasteiger partial charge on any atom is 0.253 e. The zero-order chi connectivity index (χ0) is 17.8. The lowest BCUT2D eigenvalue weighted by atomic mass is 10.1. The highest BCUT2D eigenvalue weighted by molar-refractivity contribution is 5.94. The van der Waals surface area contributed by atoms with Crippen molar-refractivity contribution in [3.63, 3.8) is 0 Å². The molecule has 1 aliphatic rings. The van der Waals surface area contributed by atoms with Crippen LogP contribution in [0.3, 0.4) is 0 Å². The van der Waals surface area contributed by atoms with Crippen LogP contribution in [0.4, 0.5) is 11.5 Å². The largest absolute Gasteiger partial charge is 0.399 e. The Morgan fingerprint density at radius 1 is 1.19 bits per heavy atom. The molecule has 0 aliphatic carbocycles. The summed E-state index contributed by atoms with van der Waals surface area (Å²) in [4.78, 5) is 28.3. The average molecular weight is 380 g/mol. The van der Waals surface area contributed by atoms with E-state index in [4.69, 9.17) is 10.3 Å². The Morgan fingerprint density at radius 2 is 1.85 bits per heavy atom. The number of aryl methyl sites for hydroxylation is 1. The predicted octanol–water partition coefficient (Wildman–Crippen LogP) is 1.38. The van der Waals surface area contributed by atoms with E-state index in [0.717, 1.165) is 0 Å². The van der Waals surface area contributed by atoms with Gasteiger partial charge in [-0.15, -0.1) is 12.4 Å². The minimum absolute atomic E-state index is 0. The molecule has 8 nitrogen and oxygen atoms in total. The van der Waals surface area contributed by atoms with E-state index < -0.39 is 0 Å². The highest BCUT2D eigenvalue weighted by Gasteiger charge is 2.23. The van der Waals surface area contributed by atoms with E-state index >= 15 is 0 Å². The van der Waals surface area contributed by atoms with E-state index in [1.165, 1.54) is 0 Å². The number of halogens is 1. The molecule has 0 radical (unpaired) electrons. The zero-order valence-corrected chi connectivity index (χ0v) is 15.3. The molecule has 1 fully saturated rings. The van der Waals surface area contributed by atoms with Crippen LogP contribution in [-0.2, 0) is 4.79 Å². The normalized spacial score (nSPS) is 14.6. The van der Waals surface area contributed by atoms with Crippen molar-refractivity contribution in [3.8, 4) is 0 Å². The predicted molar refractivity (Wildman–Crippen MR) is 100 cm³/mol. The summed E-state index contributed by atoms with van der Waals surface area (Å²) >= 11 is 0. The number of nitrogen functional groups attached to an aromatic ring is 1. The van der Waals surface area contributed by atoms with Gasteiger partial charge in [0.25, 0.3) is 5.91 Å². The number of amides is 2. The Morgan fingerprint density at radius 3 is 2.42 bits per heavy atom. The van der Waals surface area contributed by atoms with Gasteiger partial charge in [-0.25, -0.2) is 0 Å². The number of hydrogen-bond acceptors (Lipinski definition) is 6. The van der Waals surface area contributed by atoms with Gasteiger partial charge >= 0.3 is 0 Å². The quantitative estimate of drug-likeness (QED) is 0.778. The van der Waals surface area contributed by atoms with Crippen molar-refractivity contribution in [1.29, 1.82) is 0 Å². The number of anilines is 2. The van der Waals surface area contributed by atoms with Gasteiger partial charge < -0.3 is 20.5 Å². The maximum atomic E-state index is 12.5. The third-order valence-corrected chi connectivity index (χ3v) is 4.08. The first-order valence-electron chi connectivity index (χ1n) is 8.11. The van der Waals surface area contributed by atoms with Gasteiger partial charge in [0, 0.05) is 43.5 Å². The van der Waals surface area contributed by atoms with Gasteiger partial charge in [-0.1, -0.05) is 5.16 Å². The fourth-order valence-corrected chi connectivity index (χ4v) is 2.73. The van der Waals surface area contributed by atoms with Crippen LogP contribution in [0.15, 0.2) is 34.9 Å². The first-order valence-corrected chi connectivity index (χ1v) is 8.11. The van der Waals surface area contributed by atoms with Gasteiger partial charge in [0.05, 0.1) is 6.54 Å². The third-order valence-electron chi connectivity index (χ3n) is 4.08. The van der Waals surface area contributed by atoms with E-state index in [9.17, 15) is 9.59 Å². The number of hydrogen-bond donors (Lipinski definition) is 2. The summed E-state index contributed by atoms with van der Waals surface area (Å²) in [6, 6.07) is 8.58. The third kappa shape index (κ3) is 4.96. The summed E-state index contributed by atoms with van der Waals surface area (Å²) in [5.74, 6) is 0.901. The number of benzene rings is 1. The molecule has 1 aromatic carbocycles. The second kappa shape index (κ2) is 8.68. The van der Waals surface area contributed by atoms with Crippen LogP contribution >= 0.6 is 12.4 Å². The molecule has 0 saturated carbocycles. The summed E-state index contributed by atoms with van der Waals surface area (Å²) in [7, 11) is 0. The topological polar surface area (TPSA) is 105 Å². The molecule has 1 aliphatic heterocycles. The summed E-state index contributed by atoms with van der Waals surface area (Å²) < 4.78 is 4.91. The number of nitrogens with zero attached hydrogens (tertiary/aromatic N) is 3. The van der Waals surface area contributed by atoms with E-state index in [-0.39, 0.29) is 30.8 Å². The summed E-state index contributed by atoms with van der Waals surface area (Å²) in [5.41, 5.74) is 6.91. The van der Waals surface area contributed by atoms with Crippen molar-refractivity contribution >= 4 is 35.7 Å². The Hall–Kier alpha value is -2.58. The van der Waals surface area contributed by atoms with Gasteiger partial charge in [0.2, 0.25) is 5.91 Å². The second-order valence-corrected chi connectivity index (χ2v) is 6.06. The van der Waals surface area contributed by atoms with E-state index in [1.54, 1.807) is 42.2 Å². The number of rotatable bonds is 4. The standard InChI is InChI=1S/C17H21N5O3.ClH/c1-12-10-15(20-25-12)19-16(23)11-21-6-8-22(9-7-21)17(24)13-2-4-14(18)5-3-13;/h2-5,10H,6-9,11,18H2,1H3,(H,19,20,23);1H. The highest BCUT2D eigenvalue weighted by Crippen LogP contribution is 2.12. The molecule has 2 amide bonds. The minimum atomic E-state index is -0.147. The van der Waals surface area contributed by atoms with Gasteiger partial charge in [-0.05, 0) is 31.2 Å². The molecule has 0 atom stereocenters. The number of carbonyl (C=O) groups is 2. The van der Waals surface area contributed by atoms with Crippen LogP contribution in [0.5, 0.6) is 0 Å². The van der Waals surface area contributed by atoms with Crippen LogP contribution in [0, 0.1) is 6.92 Å². The Bertz CT molecular complexity index is 754.